The molecule has 0 N–H and O–H groups in total. The number of hydrogen-bond acceptors (Lipinski definition) is 3. The molecule has 0 aromatic carbocycles. The Morgan fingerprint density at radius 3 is 2.75 bits per heavy atom. The zero-order valence-corrected chi connectivity index (χ0v) is 15.7. The lowest BCUT2D eigenvalue weighted by molar-refractivity contribution is -0.156. The highest BCUT2D eigenvalue weighted by Crippen LogP contribution is 2.61. The van der Waals surface area contributed by atoms with Crippen molar-refractivity contribution in [3.63, 3.8) is 0 Å². The Morgan fingerprint density at radius 1 is 1.33 bits per heavy atom. The molecule has 3 aliphatic rings. The van der Waals surface area contributed by atoms with Gasteiger partial charge in [0.2, 0.25) is 6.29 Å². The number of ether oxygens (including phenoxy) is 2. The van der Waals surface area contributed by atoms with Gasteiger partial charge in [0.1, 0.15) is 0 Å². The molecule has 2 aliphatic carbocycles. The van der Waals surface area contributed by atoms with E-state index in [4.69, 9.17) is 9.47 Å². The van der Waals surface area contributed by atoms with Crippen molar-refractivity contribution in [1.82, 2.24) is 0 Å². The first-order chi connectivity index (χ1) is 11.3. The van der Waals surface area contributed by atoms with Crippen molar-refractivity contribution in [1.29, 1.82) is 0 Å². The summed E-state index contributed by atoms with van der Waals surface area (Å²) < 4.78 is 10.4. The van der Waals surface area contributed by atoms with E-state index in [-0.39, 0.29) is 5.97 Å². The molecule has 4 atom stereocenters. The molecule has 2 saturated carbocycles. The van der Waals surface area contributed by atoms with Gasteiger partial charge in [0, 0.05) is 19.1 Å². The summed E-state index contributed by atoms with van der Waals surface area (Å²) in [6.07, 6.45) is 9.47. The van der Waals surface area contributed by atoms with Crippen LogP contribution in [0.5, 0.6) is 0 Å². The Kier molecular flexibility index (Phi) is 4.67. The standard InChI is InChI=1S/C21H32O3/c1-14-7-10-17-20(2,3)11-6-12-21(17,4)16(14)9-8-15-13-18(23-5)24-19(15)22/h8,16-18H,1,6-7,9-13H2,2-5H3/b15-8+/t16-,17+,18-,21+/m1/s1. The molecule has 3 heteroatoms. The lowest BCUT2D eigenvalue weighted by Gasteiger charge is -2.58. The summed E-state index contributed by atoms with van der Waals surface area (Å²) >= 11 is 0. The van der Waals surface area contributed by atoms with E-state index in [0.717, 1.165) is 24.3 Å². The van der Waals surface area contributed by atoms with Gasteiger partial charge in [0.25, 0.3) is 0 Å². The number of rotatable bonds is 3. The average molecular weight is 332 g/mol. The minimum Gasteiger partial charge on any atom is -0.432 e. The molecule has 0 spiro atoms. The predicted molar refractivity (Wildman–Crippen MR) is 95.3 cm³/mol. The smallest absolute Gasteiger partial charge is 0.336 e. The Hall–Kier alpha value is -1.09. The fourth-order valence-electron chi connectivity index (χ4n) is 5.77. The van der Waals surface area contributed by atoms with Crippen LogP contribution in [-0.4, -0.2) is 19.4 Å². The van der Waals surface area contributed by atoms with Gasteiger partial charge in [-0.05, 0) is 54.8 Å². The SMILES string of the molecule is C=C1CC[C@H]2C(C)(C)CCC[C@@]2(C)[C@@H]1C/C=C1\C[C@H](OC)OC1=O. The maximum absolute atomic E-state index is 12.0. The number of carbonyl (C=O) groups is 1. The lowest BCUT2D eigenvalue weighted by Crippen LogP contribution is -2.49. The number of allylic oxidation sites excluding steroid dienone is 2. The van der Waals surface area contributed by atoms with Crippen molar-refractivity contribution in [2.24, 2.45) is 22.7 Å². The van der Waals surface area contributed by atoms with Crippen molar-refractivity contribution in [2.45, 2.75) is 72.0 Å². The predicted octanol–water partition coefficient (Wildman–Crippen LogP) is 5.02. The third kappa shape index (κ3) is 2.96. The minimum absolute atomic E-state index is 0.214. The summed E-state index contributed by atoms with van der Waals surface area (Å²) in [6.45, 7) is 11.8. The van der Waals surface area contributed by atoms with Crippen LogP contribution in [-0.2, 0) is 14.3 Å². The molecule has 0 bridgehead atoms. The number of hydrogen-bond donors (Lipinski definition) is 0. The largest absolute Gasteiger partial charge is 0.432 e. The summed E-state index contributed by atoms with van der Waals surface area (Å²) in [7, 11) is 1.58. The van der Waals surface area contributed by atoms with E-state index in [1.165, 1.54) is 31.3 Å². The second-order valence-corrected chi connectivity index (χ2v) is 8.89. The Labute approximate surface area is 146 Å². The van der Waals surface area contributed by atoms with Gasteiger partial charge in [-0.1, -0.05) is 45.4 Å². The highest BCUT2D eigenvalue weighted by Gasteiger charge is 2.52. The Morgan fingerprint density at radius 2 is 2.08 bits per heavy atom. The molecule has 3 fully saturated rings. The lowest BCUT2D eigenvalue weighted by atomic mass is 9.47. The quantitative estimate of drug-likeness (QED) is 0.413. The van der Waals surface area contributed by atoms with Crippen LogP contribution in [0.4, 0.5) is 0 Å². The number of cyclic esters (lactones) is 1. The molecule has 3 rings (SSSR count). The van der Waals surface area contributed by atoms with E-state index >= 15 is 0 Å². The van der Waals surface area contributed by atoms with Crippen LogP contribution in [0.25, 0.3) is 0 Å². The first-order valence-electron chi connectivity index (χ1n) is 9.38. The third-order valence-electron chi connectivity index (χ3n) is 7.07. The summed E-state index contributed by atoms with van der Waals surface area (Å²) in [5.41, 5.74) is 2.86. The number of esters is 1. The molecule has 24 heavy (non-hydrogen) atoms. The van der Waals surface area contributed by atoms with E-state index < -0.39 is 6.29 Å². The molecule has 134 valence electrons. The fraction of sp³-hybridized carbons (Fsp3) is 0.762. The molecule has 1 heterocycles. The zero-order valence-electron chi connectivity index (χ0n) is 15.7. The van der Waals surface area contributed by atoms with Crippen molar-refractivity contribution in [2.75, 3.05) is 7.11 Å². The second kappa shape index (κ2) is 6.33. The van der Waals surface area contributed by atoms with Crippen molar-refractivity contribution >= 4 is 5.97 Å². The molecule has 1 saturated heterocycles. The summed E-state index contributed by atoms with van der Waals surface area (Å²) in [6, 6.07) is 0. The van der Waals surface area contributed by atoms with Crippen molar-refractivity contribution < 1.29 is 14.3 Å². The first kappa shape index (κ1) is 17.7. The molecule has 0 aromatic heterocycles. The highest BCUT2D eigenvalue weighted by molar-refractivity contribution is 5.90. The van der Waals surface area contributed by atoms with Crippen LogP contribution in [0.2, 0.25) is 0 Å². The number of fused-ring (bicyclic) bond motifs is 1. The number of methoxy groups -OCH3 is 1. The van der Waals surface area contributed by atoms with Gasteiger partial charge < -0.3 is 9.47 Å². The fourth-order valence-corrected chi connectivity index (χ4v) is 5.77. The van der Waals surface area contributed by atoms with Crippen LogP contribution in [0.15, 0.2) is 23.8 Å². The van der Waals surface area contributed by atoms with Crippen LogP contribution < -0.4 is 0 Å². The monoisotopic (exact) mass is 332 g/mol. The molecule has 0 unspecified atom stereocenters. The molecular weight excluding hydrogens is 300 g/mol. The van der Waals surface area contributed by atoms with E-state index in [1.807, 2.05) is 0 Å². The summed E-state index contributed by atoms with van der Waals surface area (Å²) in [5, 5.41) is 0. The topological polar surface area (TPSA) is 35.5 Å². The van der Waals surface area contributed by atoms with Crippen LogP contribution in [0.1, 0.15) is 65.7 Å². The second-order valence-electron chi connectivity index (χ2n) is 8.89. The van der Waals surface area contributed by atoms with E-state index in [0.29, 0.717) is 23.2 Å². The van der Waals surface area contributed by atoms with Crippen molar-refractivity contribution in [3.8, 4) is 0 Å². The molecule has 0 radical (unpaired) electrons. The van der Waals surface area contributed by atoms with Crippen LogP contribution >= 0.6 is 0 Å². The van der Waals surface area contributed by atoms with Crippen LogP contribution in [0, 0.1) is 22.7 Å². The molecule has 3 nitrogen and oxygen atoms in total. The van der Waals surface area contributed by atoms with Crippen molar-refractivity contribution in [3.05, 3.63) is 23.8 Å². The van der Waals surface area contributed by atoms with Gasteiger partial charge in [0.15, 0.2) is 0 Å². The molecule has 0 aromatic rings. The molecule has 1 aliphatic heterocycles. The Bertz CT molecular complexity index is 559. The Balaban J connectivity index is 1.81. The van der Waals surface area contributed by atoms with Gasteiger partial charge in [-0.2, -0.15) is 0 Å². The van der Waals surface area contributed by atoms with E-state index in [2.05, 4.69) is 33.4 Å². The molecule has 0 amide bonds. The minimum atomic E-state index is -0.407. The first-order valence-corrected chi connectivity index (χ1v) is 9.38. The van der Waals surface area contributed by atoms with Gasteiger partial charge in [-0.25, -0.2) is 4.79 Å². The van der Waals surface area contributed by atoms with E-state index in [1.54, 1.807) is 7.11 Å². The summed E-state index contributed by atoms with van der Waals surface area (Å²) in [4.78, 5) is 12.0. The van der Waals surface area contributed by atoms with Gasteiger partial charge in [0.05, 0.1) is 0 Å². The van der Waals surface area contributed by atoms with Crippen LogP contribution in [0.3, 0.4) is 0 Å². The maximum atomic E-state index is 12.0. The summed E-state index contributed by atoms with van der Waals surface area (Å²) in [5.74, 6) is 1.00. The molecular formula is C21H32O3. The maximum Gasteiger partial charge on any atom is 0.336 e. The highest BCUT2D eigenvalue weighted by atomic mass is 16.7. The van der Waals surface area contributed by atoms with Gasteiger partial charge >= 0.3 is 5.97 Å². The normalized spacial score (nSPS) is 40.5. The van der Waals surface area contributed by atoms with Gasteiger partial charge in [-0.15, -0.1) is 0 Å². The zero-order chi connectivity index (χ0) is 17.5. The van der Waals surface area contributed by atoms with E-state index in [9.17, 15) is 4.79 Å². The van der Waals surface area contributed by atoms with Gasteiger partial charge in [-0.3, -0.25) is 0 Å². The number of carbonyl (C=O) groups excluding carboxylic acids is 1. The average Bonchev–Trinajstić information content (AvgIpc) is 2.86. The third-order valence-corrected chi connectivity index (χ3v) is 7.07.